The third-order valence-electron chi connectivity index (χ3n) is 3.33. The van der Waals surface area contributed by atoms with Gasteiger partial charge in [0.25, 0.3) is 5.91 Å². The normalized spacial score (nSPS) is 10.4. The Bertz CT molecular complexity index is 977. The zero-order valence-corrected chi connectivity index (χ0v) is 14.2. The summed E-state index contributed by atoms with van der Waals surface area (Å²) in [6.45, 7) is 1.33. The molecule has 2 amide bonds. The van der Waals surface area contributed by atoms with Gasteiger partial charge in [-0.25, -0.2) is 4.39 Å². The van der Waals surface area contributed by atoms with Crippen LogP contribution in [0.15, 0.2) is 42.7 Å². The highest BCUT2D eigenvalue weighted by Crippen LogP contribution is 2.23. The second-order valence-corrected chi connectivity index (χ2v) is 5.68. The minimum absolute atomic E-state index is 0.0936. The van der Waals surface area contributed by atoms with Crippen molar-refractivity contribution in [2.45, 2.75) is 6.92 Å². The molecule has 0 atom stereocenters. The minimum Gasteiger partial charge on any atom is -0.326 e. The van der Waals surface area contributed by atoms with Crippen molar-refractivity contribution >= 4 is 34.8 Å². The number of benzene rings is 2. The molecule has 3 rings (SSSR count). The van der Waals surface area contributed by atoms with Gasteiger partial charge in [-0.3, -0.25) is 9.59 Å². The van der Waals surface area contributed by atoms with Crippen LogP contribution in [0, 0.1) is 5.82 Å². The molecule has 0 saturated carbocycles. The van der Waals surface area contributed by atoms with E-state index in [2.05, 4.69) is 26.2 Å². The molecule has 1 aromatic heterocycles. The molecule has 0 aliphatic heterocycles. The van der Waals surface area contributed by atoms with Crippen molar-refractivity contribution in [3.63, 3.8) is 0 Å². The lowest BCUT2D eigenvalue weighted by Crippen LogP contribution is -2.16. The summed E-state index contributed by atoms with van der Waals surface area (Å²) >= 11 is 5.98. The van der Waals surface area contributed by atoms with Crippen LogP contribution < -0.4 is 10.6 Å². The number of carbonyl (C=O) groups is 2. The Labute approximate surface area is 152 Å². The first-order valence-electron chi connectivity index (χ1n) is 7.35. The second kappa shape index (κ2) is 7.28. The third kappa shape index (κ3) is 3.83. The van der Waals surface area contributed by atoms with Crippen molar-refractivity contribution in [1.82, 2.24) is 20.2 Å². The Morgan fingerprint density at radius 2 is 1.96 bits per heavy atom. The number of aromatic nitrogens is 4. The number of hydrogen-bond donors (Lipinski definition) is 2. The van der Waals surface area contributed by atoms with E-state index in [1.165, 1.54) is 36.1 Å². The molecule has 0 aliphatic rings. The summed E-state index contributed by atoms with van der Waals surface area (Å²) in [5.41, 5.74) is 0.773. The van der Waals surface area contributed by atoms with Crippen LogP contribution in [-0.4, -0.2) is 32.0 Å². The summed E-state index contributed by atoms with van der Waals surface area (Å²) in [5.74, 6) is -1.58. The summed E-state index contributed by atoms with van der Waals surface area (Å²) in [7, 11) is 0. The summed E-state index contributed by atoms with van der Waals surface area (Å²) in [5, 5.41) is 16.1. The van der Waals surface area contributed by atoms with Gasteiger partial charge in [-0.2, -0.15) is 4.68 Å². The maximum absolute atomic E-state index is 14.0. The quantitative estimate of drug-likeness (QED) is 0.731. The van der Waals surface area contributed by atoms with Crippen LogP contribution in [0.4, 0.5) is 15.8 Å². The molecule has 3 aromatic rings. The van der Waals surface area contributed by atoms with Crippen molar-refractivity contribution in [3.05, 3.63) is 59.1 Å². The molecule has 0 spiro atoms. The number of rotatable bonds is 4. The lowest BCUT2D eigenvalue weighted by Gasteiger charge is -2.12. The number of nitrogens with one attached hydrogen (secondary N) is 2. The highest BCUT2D eigenvalue weighted by Gasteiger charge is 2.17. The largest absolute Gasteiger partial charge is 0.326 e. The van der Waals surface area contributed by atoms with E-state index < -0.39 is 11.7 Å². The summed E-state index contributed by atoms with van der Waals surface area (Å²) in [4.78, 5) is 23.8. The highest BCUT2D eigenvalue weighted by atomic mass is 35.5. The zero-order chi connectivity index (χ0) is 18.7. The average molecular weight is 375 g/mol. The van der Waals surface area contributed by atoms with Crippen LogP contribution in [0.5, 0.6) is 0 Å². The van der Waals surface area contributed by atoms with E-state index in [9.17, 15) is 14.0 Å². The fourth-order valence-electron chi connectivity index (χ4n) is 2.25. The minimum atomic E-state index is -0.654. The molecule has 2 aromatic carbocycles. The molecule has 132 valence electrons. The Kier molecular flexibility index (Phi) is 4.90. The number of nitrogens with zero attached hydrogens (tertiary/aromatic N) is 4. The molecule has 8 nitrogen and oxygen atoms in total. The van der Waals surface area contributed by atoms with Gasteiger partial charge >= 0.3 is 0 Å². The monoisotopic (exact) mass is 374 g/mol. The number of halogens is 2. The van der Waals surface area contributed by atoms with Crippen LogP contribution in [0.2, 0.25) is 5.02 Å². The number of carbonyl (C=O) groups excluding carboxylic acids is 2. The van der Waals surface area contributed by atoms with Crippen LogP contribution >= 0.6 is 11.6 Å². The first kappa shape index (κ1) is 17.5. The lowest BCUT2D eigenvalue weighted by molar-refractivity contribution is -0.114. The van der Waals surface area contributed by atoms with E-state index in [4.69, 9.17) is 11.6 Å². The SMILES string of the molecule is CC(=O)Nc1ccc(F)c(NC(=O)c2cc(Cl)ccc2-n2cnnn2)c1. The first-order valence-corrected chi connectivity index (χ1v) is 7.73. The third-order valence-corrected chi connectivity index (χ3v) is 3.57. The van der Waals surface area contributed by atoms with Crippen molar-refractivity contribution < 1.29 is 14.0 Å². The number of anilines is 2. The molecule has 0 unspecified atom stereocenters. The van der Waals surface area contributed by atoms with Crippen molar-refractivity contribution in [3.8, 4) is 5.69 Å². The number of hydrogen-bond acceptors (Lipinski definition) is 5. The molecule has 2 N–H and O–H groups in total. The Morgan fingerprint density at radius 1 is 1.15 bits per heavy atom. The van der Waals surface area contributed by atoms with Crippen LogP contribution in [0.25, 0.3) is 5.69 Å². The molecular weight excluding hydrogens is 363 g/mol. The predicted molar refractivity (Wildman–Crippen MR) is 92.8 cm³/mol. The molecule has 10 heteroatoms. The van der Waals surface area contributed by atoms with E-state index in [0.717, 1.165) is 6.07 Å². The molecule has 0 aliphatic carbocycles. The van der Waals surface area contributed by atoms with Crippen molar-refractivity contribution in [2.75, 3.05) is 10.6 Å². The van der Waals surface area contributed by atoms with Crippen molar-refractivity contribution in [1.29, 1.82) is 0 Å². The maximum atomic E-state index is 14.0. The van der Waals surface area contributed by atoms with Crippen LogP contribution in [0.1, 0.15) is 17.3 Å². The molecule has 0 bridgehead atoms. The van der Waals surface area contributed by atoms with E-state index >= 15 is 0 Å². The van der Waals surface area contributed by atoms with E-state index in [-0.39, 0.29) is 17.2 Å². The fraction of sp³-hybridized carbons (Fsp3) is 0.0625. The topological polar surface area (TPSA) is 102 Å². The molecular formula is C16H12ClFN6O2. The predicted octanol–water partition coefficient (Wildman–Crippen LogP) is 2.67. The van der Waals surface area contributed by atoms with Gasteiger partial charge in [0.15, 0.2) is 0 Å². The zero-order valence-electron chi connectivity index (χ0n) is 13.4. The van der Waals surface area contributed by atoms with Gasteiger partial charge in [0.1, 0.15) is 12.1 Å². The maximum Gasteiger partial charge on any atom is 0.257 e. The first-order chi connectivity index (χ1) is 12.4. The van der Waals surface area contributed by atoms with E-state index in [1.807, 2.05) is 0 Å². The molecule has 0 radical (unpaired) electrons. The number of tetrazole rings is 1. The van der Waals surface area contributed by atoms with Gasteiger partial charge in [0.2, 0.25) is 5.91 Å². The highest BCUT2D eigenvalue weighted by molar-refractivity contribution is 6.31. The van der Waals surface area contributed by atoms with Gasteiger partial charge in [0, 0.05) is 17.6 Å². The summed E-state index contributed by atoms with van der Waals surface area (Å²) < 4.78 is 15.3. The standard InChI is InChI=1S/C16H12ClFN6O2/c1-9(25)20-11-3-4-13(18)14(7-11)21-16(26)12-6-10(17)2-5-15(12)24-8-19-22-23-24/h2-8H,1H3,(H,20,25)(H,21,26). The lowest BCUT2D eigenvalue weighted by atomic mass is 10.1. The molecule has 1 heterocycles. The van der Waals surface area contributed by atoms with Crippen LogP contribution in [0.3, 0.4) is 0 Å². The van der Waals surface area contributed by atoms with E-state index in [1.54, 1.807) is 12.1 Å². The molecule has 0 saturated heterocycles. The van der Waals surface area contributed by atoms with E-state index in [0.29, 0.717) is 16.4 Å². The smallest absolute Gasteiger partial charge is 0.257 e. The molecule has 0 fully saturated rings. The van der Waals surface area contributed by atoms with Crippen LogP contribution in [-0.2, 0) is 4.79 Å². The average Bonchev–Trinajstić information content (AvgIpc) is 3.11. The second-order valence-electron chi connectivity index (χ2n) is 5.25. The molecule has 26 heavy (non-hydrogen) atoms. The van der Waals surface area contributed by atoms with Gasteiger partial charge in [0.05, 0.1) is 16.9 Å². The number of amides is 2. The summed E-state index contributed by atoms with van der Waals surface area (Å²) in [6.07, 6.45) is 1.32. The van der Waals surface area contributed by atoms with Gasteiger partial charge in [-0.15, -0.1) is 5.10 Å². The van der Waals surface area contributed by atoms with Crippen molar-refractivity contribution in [2.24, 2.45) is 0 Å². The summed E-state index contributed by atoms with van der Waals surface area (Å²) in [6, 6.07) is 8.41. The van der Waals surface area contributed by atoms with Gasteiger partial charge in [-0.1, -0.05) is 11.6 Å². The Balaban J connectivity index is 1.94. The van der Waals surface area contributed by atoms with Gasteiger partial charge in [-0.05, 0) is 46.8 Å². The Morgan fingerprint density at radius 3 is 2.65 bits per heavy atom. The fourth-order valence-corrected chi connectivity index (χ4v) is 2.43. The van der Waals surface area contributed by atoms with Gasteiger partial charge < -0.3 is 10.6 Å². The Hall–Kier alpha value is -3.33.